The Hall–Kier alpha value is -1.81. The number of nitrogens with zero attached hydrogens (tertiary/aromatic N) is 2. The van der Waals surface area contributed by atoms with E-state index in [2.05, 4.69) is 9.88 Å². The molecule has 0 amide bonds. The van der Waals surface area contributed by atoms with Crippen molar-refractivity contribution in [1.82, 2.24) is 4.98 Å². The molecule has 2 aromatic rings. The number of halogens is 1. The molecule has 3 rings (SSSR count). The lowest BCUT2D eigenvalue weighted by Gasteiger charge is -2.21. The first-order valence-electron chi connectivity index (χ1n) is 6.62. The Bertz CT molecular complexity index is 666. The Morgan fingerprint density at radius 2 is 2.10 bits per heavy atom. The van der Waals surface area contributed by atoms with E-state index in [9.17, 15) is 4.79 Å². The molecule has 104 valence electrons. The number of benzene rings is 1. The molecule has 20 heavy (non-hydrogen) atoms. The van der Waals surface area contributed by atoms with Crippen LogP contribution in [0.3, 0.4) is 0 Å². The van der Waals surface area contributed by atoms with Crippen molar-refractivity contribution in [3.63, 3.8) is 0 Å². The summed E-state index contributed by atoms with van der Waals surface area (Å²) in [7, 11) is 1.38. The van der Waals surface area contributed by atoms with E-state index in [1.165, 1.54) is 7.11 Å². The molecule has 0 bridgehead atoms. The molecular weight excluding hydrogens is 276 g/mol. The number of pyridine rings is 1. The zero-order chi connectivity index (χ0) is 14.1. The summed E-state index contributed by atoms with van der Waals surface area (Å²) in [4.78, 5) is 18.3. The first kappa shape index (κ1) is 13.2. The third-order valence-corrected chi connectivity index (χ3v) is 3.91. The van der Waals surface area contributed by atoms with E-state index in [1.54, 1.807) is 12.3 Å². The standard InChI is InChI=1S/C15H15ClN2O2/c1-20-15(19)10-4-5-13-11(8-10)14(12(16)9-17-13)18-6-2-3-7-18/h4-5,8-9H,2-3,6-7H2,1H3. The van der Waals surface area contributed by atoms with Gasteiger partial charge >= 0.3 is 5.97 Å². The summed E-state index contributed by atoms with van der Waals surface area (Å²) in [6.07, 6.45) is 4.00. The number of hydrogen-bond donors (Lipinski definition) is 0. The van der Waals surface area contributed by atoms with Crippen LogP contribution in [0.1, 0.15) is 23.2 Å². The lowest BCUT2D eigenvalue weighted by atomic mass is 10.1. The second-order valence-electron chi connectivity index (χ2n) is 4.87. The Morgan fingerprint density at radius 1 is 1.35 bits per heavy atom. The maximum atomic E-state index is 11.7. The summed E-state index contributed by atoms with van der Waals surface area (Å²) in [5.41, 5.74) is 2.33. The van der Waals surface area contributed by atoms with Gasteiger partial charge in [0.05, 0.1) is 28.9 Å². The number of hydrogen-bond acceptors (Lipinski definition) is 4. The average Bonchev–Trinajstić information content (AvgIpc) is 2.99. The number of esters is 1. The fourth-order valence-corrected chi connectivity index (χ4v) is 2.93. The molecule has 1 aliphatic heterocycles. The molecule has 1 aliphatic rings. The summed E-state index contributed by atoms with van der Waals surface area (Å²) in [6, 6.07) is 5.37. The van der Waals surface area contributed by atoms with Crippen LogP contribution < -0.4 is 4.90 Å². The number of fused-ring (bicyclic) bond motifs is 1. The molecule has 4 nitrogen and oxygen atoms in total. The van der Waals surface area contributed by atoms with Gasteiger partial charge < -0.3 is 9.64 Å². The highest BCUT2D eigenvalue weighted by Gasteiger charge is 2.19. The number of carbonyl (C=O) groups excluding carboxylic acids is 1. The molecule has 0 saturated carbocycles. The first-order valence-corrected chi connectivity index (χ1v) is 7.00. The fraction of sp³-hybridized carbons (Fsp3) is 0.333. The van der Waals surface area contributed by atoms with Crippen molar-refractivity contribution in [1.29, 1.82) is 0 Å². The maximum Gasteiger partial charge on any atom is 0.337 e. The van der Waals surface area contributed by atoms with Gasteiger partial charge in [-0.05, 0) is 31.0 Å². The normalized spacial score (nSPS) is 14.8. The van der Waals surface area contributed by atoms with E-state index in [-0.39, 0.29) is 5.97 Å². The topological polar surface area (TPSA) is 42.4 Å². The van der Waals surface area contributed by atoms with Gasteiger partial charge in [0, 0.05) is 24.7 Å². The van der Waals surface area contributed by atoms with Gasteiger partial charge in [-0.2, -0.15) is 0 Å². The number of carbonyl (C=O) groups is 1. The highest BCUT2D eigenvalue weighted by Crippen LogP contribution is 2.35. The van der Waals surface area contributed by atoms with E-state index in [0.717, 1.165) is 42.5 Å². The number of ether oxygens (including phenoxy) is 1. The van der Waals surface area contributed by atoms with Crippen LogP contribution >= 0.6 is 11.6 Å². The molecule has 2 heterocycles. The molecule has 0 unspecified atom stereocenters. The summed E-state index contributed by atoms with van der Waals surface area (Å²) in [6.45, 7) is 1.97. The van der Waals surface area contributed by atoms with Crippen LogP contribution in [0.15, 0.2) is 24.4 Å². The molecule has 0 N–H and O–H groups in total. The quantitative estimate of drug-likeness (QED) is 0.796. The van der Waals surface area contributed by atoms with E-state index in [1.807, 2.05) is 12.1 Å². The van der Waals surface area contributed by atoms with Crippen molar-refractivity contribution in [2.45, 2.75) is 12.8 Å². The van der Waals surface area contributed by atoms with Gasteiger partial charge in [0.15, 0.2) is 0 Å². The molecule has 1 aromatic carbocycles. The van der Waals surface area contributed by atoms with Gasteiger partial charge in [0.25, 0.3) is 0 Å². The molecule has 5 heteroatoms. The van der Waals surface area contributed by atoms with Crippen LogP contribution in [0.2, 0.25) is 5.02 Å². The number of aromatic nitrogens is 1. The monoisotopic (exact) mass is 290 g/mol. The number of methoxy groups -OCH3 is 1. The lowest BCUT2D eigenvalue weighted by molar-refractivity contribution is 0.0601. The Balaban J connectivity index is 2.19. The van der Waals surface area contributed by atoms with E-state index >= 15 is 0 Å². The Kier molecular flexibility index (Phi) is 3.49. The second kappa shape index (κ2) is 5.29. The minimum atomic E-state index is -0.348. The Morgan fingerprint density at radius 3 is 2.80 bits per heavy atom. The minimum Gasteiger partial charge on any atom is -0.465 e. The van der Waals surface area contributed by atoms with E-state index < -0.39 is 0 Å². The number of anilines is 1. The molecule has 0 atom stereocenters. The van der Waals surface area contributed by atoms with Crippen molar-refractivity contribution in [3.8, 4) is 0 Å². The van der Waals surface area contributed by atoms with Crippen molar-refractivity contribution in [3.05, 3.63) is 35.0 Å². The molecule has 0 spiro atoms. The lowest BCUT2D eigenvalue weighted by Crippen LogP contribution is -2.18. The van der Waals surface area contributed by atoms with Crippen molar-refractivity contribution < 1.29 is 9.53 Å². The molecule has 1 aromatic heterocycles. The smallest absolute Gasteiger partial charge is 0.337 e. The average molecular weight is 291 g/mol. The zero-order valence-electron chi connectivity index (χ0n) is 11.2. The van der Waals surface area contributed by atoms with Gasteiger partial charge in [-0.1, -0.05) is 11.6 Å². The maximum absolute atomic E-state index is 11.7. The van der Waals surface area contributed by atoms with Crippen LogP contribution in [-0.2, 0) is 4.74 Å². The number of rotatable bonds is 2. The van der Waals surface area contributed by atoms with Crippen LogP contribution in [0.25, 0.3) is 10.9 Å². The third kappa shape index (κ3) is 2.20. The predicted octanol–water partition coefficient (Wildman–Crippen LogP) is 3.28. The largest absolute Gasteiger partial charge is 0.465 e. The van der Waals surface area contributed by atoms with Crippen LogP contribution in [0.4, 0.5) is 5.69 Å². The minimum absolute atomic E-state index is 0.348. The molecule has 1 fully saturated rings. The molecule has 0 aliphatic carbocycles. The van der Waals surface area contributed by atoms with Gasteiger partial charge in [-0.15, -0.1) is 0 Å². The van der Waals surface area contributed by atoms with Crippen molar-refractivity contribution in [2.75, 3.05) is 25.1 Å². The summed E-state index contributed by atoms with van der Waals surface area (Å²) < 4.78 is 4.77. The van der Waals surface area contributed by atoms with Crippen LogP contribution in [0, 0.1) is 0 Å². The third-order valence-electron chi connectivity index (χ3n) is 3.64. The SMILES string of the molecule is COC(=O)c1ccc2ncc(Cl)c(N3CCCC3)c2c1. The van der Waals surface area contributed by atoms with Crippen LogP contribution in [-0.4, -0.2) is 31.2 Å². The fourth-order valence-electron chi connectivity index (χ4n) is 2.66. The molecule has 0 radical (unpaired) electrons. The highest BCUT2D eigenvalue weighted by molar-refractivity contribution is 6.34. The summed E-state index contributed by atoms with van der Waals surface area (Å²) in [5.74, 6) is -0.348. The van der Waals surface area contributed by atoms with Crippen molar-refractivity contribution in [2.24, 2.45) is 0 Å². The molecular formula is C15H15ClN2O2. The van der Waals surface area contributed by atoms with Gasteiger partial charge in [-0.25, -0.2) is 4.79 Å². The zero-order valence-corrected chi connectivity index (χ0v) is 12.0. The van der Waals surface area contributed by atoms with E-state index in [0.29, 0.717) is 10.6 Å². The first-order chi connectivity index (χ1) is 9.70. The summed E-state index contributed by atoms with van der Waals surface area (Å²) in [5, 5.41) is 1.53. The summed E-state index contributed by atoms with van der Waals surface area (Å²) >= 11 is 6.33. The predicted molar refractivity (Wildman–Crippen MR) is 79.5 cm³/mol. The molecule has 1 saturated heterocycles. The van der Waals surface area contributed by atoms with Crippen LogP contribution in [0.5, 0.6) is 0 Å². The van der Waals surface area contributed by atoms with Gasteiger partial charge in [0.2, 0.25) is 0 Å². The Labute approximate surface area is 122 Å². The second-order valence-corrected chi connectivity index (χ2v) is 5.28. The van der Waals surface area contributed by atoms with Crippen molar-refractivity contribution >= 4 is 34.2 Å². The van der Waals surface area contributed by atoms with Gasteiger partial charge in [0.1, 0.15) is 0 Å². The van der Waals surface area contributed by atoms with Gasteiger partial charge in [-0.3, -0.25) is 4.98 Å². The highest BCUT2D eigenvalue weighted by atomic mass is 35.5. The van der Waals surface area contributed by atoms with E-state index in [4.69, 9.17) is 16.3 Å².